The number of carbonyl (C=O) groups excluding carboxylic acids is 4. The van der Waals surface area contributed by atoms with E-state index in [9.17, 15) is 19.2 Å². The lowest BCUT2D eigenvalue weighted by Crippen LogP contribution is -2.54. The molecule has 9 heteroatoms. The number of amides is 5. The second-order valence-corrected chi connectivity index (χ2v) is 9.37. The number of nitrogens with one attached hydrogen (secondary N) is 2. The Morgan fingerprint density at radius 2 is 2.00 bits per heavy atom. The minimum Gasteiger partial charge on any atom is -0.365 e. The van der Waals surface area contributed by atoms with E-state index >= 15 is 0 Å². The van der Waals surface area contributed by atoms with Crippen molar-refractivity contribution in [2.24, 2.45) is 11.7 Å². The number of imide groups is 1. The van der Waals surface area contributed by atoms with E-state index < -0.39 is 23.4 Å². The van der Waals surface area contributed by atoms with Crippen LogP contribution in [-0.4, -0.2) is 40.7 Å². The molecule has 1 aromatic rings. The van der Waals surface area contributed by atoms with Crippen LogP contribution in [0.3, 0.4) is 0 Å². The summed E-state index contributed by atoms with van der Waals surface area (Å²) in [5.41, 5.74) is 5.96. The molecule has 0 radical (unpaired) electrons. The number of anilines is 1. The molecular formula is C20H26N4O4S. The lowest BCUT2D eigenvalue weighted by molar-refractivity contribution is -0.136. The summed E-state index contributed by atoms with van der Waals surface area (Å²) in [6, 6.07) is -0.528. The molecule has 2 fully saturated rings. The SMILES string of the molecule is C[C@@H]1CCCC[C@]12NC(=O)N(CC(=O)Nc1sc3c(c1C(N)=O)CCCC3)C2=O. The quantitative estimate of drug-likeness (QED) is 0.649. The zero-order valence-electron chi connectivity index (χ0n) is 16.5. The summed E-state index contributed by atoms with van der Waals surface area (Å²) in [7, 11) is 0. The van der Waals surface area contributed by atoms with Crippen LogP contribution in [0.15, 0.2) is 0 Å². The molecule has 4 N–H and O–H groups in total. The van der Waals surface area contributed by atoms with Gasteiger partial charge in [0.1, 0.15) is 17.1 Å². The first-order chi connectivity index (χ1) is 13.8. The summed E-state index contributed by atoms with van der Waals surface area (Å²) in [6.07, 6.45) is 7.04. The summed E-state index contributed by atoms with van der Waals surface area (Å²) in [4.78, 5) is 52.2. The Morgan fingerprint density at radius 3 is 2.72 bits per heavy atom. The second kappa shape index (κ2) is 7.44. The van der Waals surface area contributed by atoms with Crippen LogP contribution >= 0.6 is 11.3 Å². The van der Waals surface area contributed by atoms with Gasteiger partial charge in [-0.1, -0.05) is 19.8 Å². The van der Waals surface area contributed by atoms with Crippen LogP contribution in [0.1, 0.15) is 66.2 Å². The van der Waals surface area contributed by atoms with E-state index in [0.717, 1.165) is 60.3 Å². The van der Waals surface area contributed by atoms with E-state index in [2.05, 4.69) is 10.6 Å². The largest absolute Gasteiger partial charge is 0.365 e. The van der Waals surface area contributed by atoms with Gasteiger partial charge in [0.2, 0.25) is 5.91 Å². The second-order valence-electron chi connectivity index (χ2n) is 8.27. The van der Waals surface area contributed by atoms with Gasteiger partial charge < -0.3 is 16.4 Å². The molecule has 1 aromatic heterocycles. The van der Waals surface area contributed by atoms with E-state index in [4.69, 9.17) is 5.73 Å². The van der Waals surface area contributed by atoms with Crippen LogP contribution in [0.5, 0.6) is 0 Å². The van der Waals surface area contributed by atoms with Gasteiger partial charge in [0.25, 0.3) is 11.8 Å². The standard InChI is InChI=1S/C20H26N4O4S/c1-11-6-4-5-9-20(11)18(27)24(19(28)23-20)10-14(25)22-17-15(16(21)26)12-7-2-3-8-13(12)29-17/h11H,2-10H2,1H3,(H2,21,26)(H,22,25)(H,23,28)/t11-,20+/m1/s1. The number of thiophene rings is 1. The molecule has 29 heavy (non-hydrogen) atoms. The number of aryl methyl sites for hydroxylation is 1. The van der Waals surface area contributed by atoms with E-state index in [1.54, 1.807) is 0 Å². The first kappa shape index (κ1) is 19.9. The molecule has 156 valence electrons. The third-order valence-electron chi connectivity index (χ3n) is 6.47. The van der Waals surface area contributed by atoms with E-state index in [1.165, 1.54) is 11.3 Å². The Kier molecular flexibility index (Phi) is 5.10. The molecule has 3 aliphatic rings. The van der Waals surface area contributed by atoms with Crippen LogP contribution in [0.2, 0.25) is 0 Å². The van der Waals surface area contributed by atoms with Crippen LogP contribution in [0.25, 0.3) is 0 Å². The summed E-state index contributed by atoms with van der Waals surface area (Å²) in [5, 5.41) is 5.99. The van der Waals surface area contributed by atoms with Gasteiger partial charge in [0, 0.05) is 4.88 Å². The molecule has 2 aliphatic carbocycles. The predicted molar refractivity (Wildman–Crippen MR) is 109 cm³/mol. The van der Waals surface area contributed by atoms with E-state index in [-0.39, 0.29) is 18.4 Å². The molecule has 2 heterocycles. The van der Waals surface area contributed by atoms with Gasteiger partial charge in [0.15, 0.2) is 0 Å². The molecule has 1 saturated heterocycles. The van der Waals surface area contributed by atoms with Crippen molar-refractivity contribution in [2.75, 3.05) is 11.9 Å². The highest BCUT2D eigenvalue weighted by atomic mass is 32.1. The molecule has 0 bridgehead atoms. The van der Waals surface area contributed by atoms with Crippen LogP contribution in [0, 0.1) is 5.92 Å². The first-order valence-corrected chi connectivity index (χ1v) is 11.0. The number of hydrogen-bond donors (Lipinski definition) is 3. The van der Waals surface area contributed by atoms with E-state index in [1.807, 2.05) is 6.92 Å². The van der Waals surface area contributed by atoms with Crippen molar-refractivity contribution in [3.8, 4) is 0 Å². The van der Waals surface area contributed by atoms with Crippen molar-refractivity contribution >= 4 is 40.1 Å². The molecule has 8 nitrogen and oxygen atoms in total. The highest BCUT2D eigenvalue weighted by molar-refractivity contribution is 7.17. The molecule has 1 aliphatic heterocycles. The minimum atomic E-state index is -0.893. The first-order valence-electron chi connectivity index (χ1n) is 10.2. The fourth-order valence-electron chi connectivity index (χ4n) is 4.86. The predicted octanol–water partition coefficient (Wildman–Crippen LogP) is 2.17. The maximum Gasteiger partial charge on any atom is 0.325 e. The number of hydrogen-bond acceptors (Lipinski definition) is 5. The number of rotatable bonds is 4. The maximum atomic E-state index is 13.0. The number of urea groups is 1. The highest BCUT2D eigenvalue weighted by Crippen LogP contribution is 2.39. The van der Waals surface area contributed by atoms with Crippen molar-refractivity contribution < 1.29 is 19.2 Å². The van der Waals surface area contributed by atoms with Gasteiger partial charge in [-0.2, -0.15) is 0 Å². The Balaban J connectivity index is 1.51. The van der Waals surface area contributed by atoms with Gasteiger partial charge in [-0.25, -0.2) is 4.79 Å². The molecule has 4 rings (SSSR count). The van der Waals surface area contributed by atoms with Crippen LogP contribution < -0.4 is 16.4 Å². The van der Waals surface area contributed by atoms with Crippen molar-refractivity contribution in [2.45, 2.75) is 63.8 Å². The molecule has 5 amide bonds. The van der Waals surface area contributed by atoms with Crippen molar-refractivity contribution in [1.82, 2.24) is 10.2 Å². The highest BCUT2D eigenvalue weighted by Gasteiger charge is 2.55. The Morgan fingerprint density at radius 1 is 1.24 bits per heavy atom. The molecular weight excluding hydrogens is 392 g/mol. The minimum absolute atomic E-state index is 0.0336. The van der Waals surface area contributed by atoms with Crippen LogP contribution in [0.4, 0.5) is 9.80 Å². The fraction of sp³-hybridized carbons (Fsp3) is 0.600. The van der Waals surface area contributed by atoms with Crippen molar-refractivity contribution in [3.05, 3.63) is 16.0 Å². The topological polar surface area (TPSA) is 122 Å². The monoisotopic (exact) mass is 418 g/mol. The van der Waals surface area contributed by atoms with Crippen molar-refractivity contribution in [1.29, 1.82) is 0 Å². The van der Waals surface area contributed by atoms with Crippen LogP contribution in [-0.2, 0) is 22.4 Å². The smallest absolute Gasteiger partial charge is 0.325 e. The average molecular weight is 419 g/mol. The Bertz CT molecular complexity index is 895. The Labute approximate surface area is 173 Å². The molecule has 0 aromatic carbocycles. The lowest BCUT2D eigenvalue weighted by atomic mass is 9.73. The van der Waals surface area contributed by atoms with Gasteiger partial charge in [0.05, 0.1) is 5.56 Å². The third kappa shape index (κ3) is 3.31. The molecule has 1 saturated carbocycles. The summed E-state index contributed by atoms with van der Waals surface area (Å²) in [6.45, 7) is 1.59. The van der Waals surface area contributed by atoms with Gasteiger partial charge >= 0.3 is 6.03 Å². The normalized spacial score (nSPS) is 26.4. The zero-order chi connectivity index (χ0) is 20.8. The summed E-state index contributed by atoms with van der Waals surface area (Å²) in [5.74, 6) is -1.36. The maximum absolute atomic E-state index is 13.0. The van der Waals surface area contributed by atoms with Crippen molar-refractivity contribution in [3.63, 3.8) is 0 Å². The average Bonchev–Trinajstić information content (AvgIpc) is 3.15. The zero-order valence-corrected chi connectivity index (χ0v) is 17.3. The number of nitrogens with two attached hydrogens (primary N) is 1. The summed E-state index contributed by atoms with van der Waals surface area (Å²) < 4.78 is 0. The lowest BCUT2D eigenvalue weighted by Gasteiger charge is -2.36. The number of nitrogens with zero attached hydrogens (tertiary/aromatic N) is 1. The third-order valence-corrected chi connectivity index (χ3v) is 7.68. The molecule has 0 unspecified atom stereocenters. The molecule has 1 spiro atoms. The van der Waals surface area contributed by atoms with Gasteiger partial charge in [-0.3, -0.25) is 19.3 Å². The van der Waals surface area contributed by atoms with Gasteiger partial charge in [-0.05, 0) is 50.0 Å². The van der Waals surface area contributed by atoms with E-state index in [0.29, 0.717) is 17.0 Å². The summed E-state index contributed by atoms with van der Waals surface area (Å²) >= 11 is 1.36. The fourth-order valence-corrected chi connectivity index (χ4v) is 6.17. The number of fused-ring (bicyclic) bond motifs is 1. The number of primary amides is 1. The molecule has 2 atom stereocenters. The number of carbonyl (C=O) groups is 4. The Hall–Kier alpha value is -2.42. The van der Waals surface area contributed by atoms with Gasteiger partial charge in [-0.15, -0.1) is 11.3 Å².